The van der Waals surface area contributed by atoms with Crippen molar-refractivity contribution in [3.8, 4) is 0 Å². The first-order valence-electron chi connectivity index (χ1n) is 13.3. The Morgan fingerprint density at radius 3 is 2.51 bits per heavy atom. The largest absolute Gasteiger partial charge is 0.341 e. The Hall–Kier alpha value is -3.03. The molecule has 6 rings (SSSR count). The predicted octanol–water partition coefficient (Wildman–Crippen LogP) is 4.70. The van der Waals surface area contributed by atoms with Gasteiger partial charge in [-0.05, 0) is 65.4 Å². The number of thiophene rings is 1. The zero-order valence-corrected chi connectivity index (χ0v) is 21.7. The second-order valence-electron chi connectivity index (χ2n) is 10.4. The first kappa shape index (κ1) is 24.3. The Kier molecular flexibility index (Phi) is 6.82. The van der Waals surface area contributed by atoms with E-state index in [0.29, 0.717) is 38.6 Å². The van der Waals surface area contributed by atoms with Crippen molar-refractivity contribution in [2.45, 2.75) is 31.2 Å². The lowest BCUT2D eigenvalue weighted by atomic mass is 9.93. The summed E-state index contributed by atoms with van der Waals surface area (Å²) >= 11 is 1.74. The highest BCUT2D eigenvalue weighted by molar-refractivity contribution is 7.10. The maximum atomic E-state index is 14.1. The Bertz CT molecular complexity index is 1280. The van der Waals surface area contributed by atoms with Crippen molar-refractivity contribution in [1.29, 1.82) is 0 Å². The van der Waals surface area contributed by atoms with Gasteiger partial charge in [-0.2, -0.15) is 0 Å². The van der Waals surface area contributed by atoms with E-state index in [-0.39, 0.29) is 29.6 Å². The molecule has 1 saturated carbocycles. The molecule has 1 saturated heterocycles. The second kappa shape index (κ2) is 10.4. The van der Waals surface area contributed by atoms with Gasteiger partial charge in [0.25, 0.3) is 0 Å². The fourth-order valence-corrected chi connectivity index (χ4v) is 6.94. The van der Waals surface area contributed by atoms with E-state index < -0.39 is 0 Å². The molecule has 37 heavy (non-hydrogen) atoms. The number of nitrogens with zero attached hydrogens (tertiary/aromatic N) is 3. The molecule has 2 unspecified atom stereocenters. The van der Waals surface area contributed by atoms with Crippen molar-refractivity contribution in [3.63, 3.8) is 0 Å². The van der Waals surface area contributed by atoms with Crippen LogP contribution in [0.4, 0.5) is 4.39 Å². The van der Waals surface area contributed by atoms with E-state index in [0.717, 1.165) is 31.4 Å². The van der Waals surface area contributed by atoms with Crippen LogP contribution >= 0.6 is 11.3 Å². The summed E-state index contributed by atoms with van der Waals surface area (Å²) in [5, 5.41) is 2.09. The maximum Gasteiger partial charge on any atom is 0.236 e. The fourth-order valence-electron chi connectivity index (χ4n) is 6.04. The molecule has 2 amide bonds. The molecule has 2 fully saturated rings. The highest BCUT2D eigenvalue weighted by Gasteiger charge is 2.45. The summed E-state index contributed by atoms with van der Waals surface area (Å²) in [6, 6.07) is 19.0. The Balaban J connectivity index is 1.10. The van der Waals surface area contributed by atoms with E-state index in [2.05, 4.69) is 28.5 Å². The van der Waals surface area contributed by atoms with Gasteiger partial charge in [-0.1, -0.05) is 42.5 Å². The summed E-state index contributed by atoms with van der Waals surface area (Å²) in [6.07, 6.45) is 2.61. The molecule has 1 aliphatic carbocycles. The van der Waals surface area contributed by atoms with Crippen LogP contribution in [0.3, 0.4) is 0 Å². The number of carbonyl (C=O) groups excluding carboxylic acids is 2. The van der Waals surface area contributed by atoms with Crippen LogP contribution in [0.1, 0.15) is 46.4 Å². The third-order valence-electron chi connectivity index (χ3n) is 8.06. The summed E-state index contributed by atoms with van der Waals surface area (Å²) < 4.78 is 14.1. The standard InChI is InChI=1S/C30H32FN3O2S/c31-23-9-4-8-22(18-23)29-24-11-17-37-27(24)10-14-34(29)20-28(35)32-12-5-13-33(16-15-32)30(36)26-19-25(26)21-6-2-1-3-7-21/h1-4,6-9,11,17-18,25-26,29H,5,10,12-16,19-20H2/t25-,26?,29?/m0/s1. The molecule has 0 N–H and O–H groups in total. The Morgan fingerprint density at radius 2 is 1.68 bits per heavy atom. The first-order chi connectivity index (χ1) is 18.1. The van der Waals surface area contributed by atoms with Gasteiger partial charge in [-0.25, -0.2) is 4.39 Å². The molecule has 3 aromatic rings. The number of amides is 2. The lowest BCUT2D eigenvalue weighted by Crippen LogP contribution is -2.45. The number of benzene rings is 2. The van der Waals surface area contributed by atoms with Gasteiger partial charge in [0, 0.05) is 43.5 Å². The van der Waals surface area contributed by atoms with Crippen molar-refractivity contribution >= 4 is 23.2 Å². The molecule has 2 aliphatic heterocycles. The normalized spacial score (nSPS) is 23.9. The molecule has 3 atom stereocenters. The van der Waals surface area contributed by atoms with Gasteiger partial charge in [0.05, 0.1) is 12.6 Å². The minimum Gasteiger partial charge on any atom is -0.341 e. The number of halogens is 1. The zero-order valence-electron chi connectivity index (χ0n) is 20.9. The van der Waals surface area contributed by atoms with E-state index in [9.17, 15) is 14.0 Å². The fraction of sp³-hybridized carbons (Fsp3) is 0.400. The summed E-state index contributed by atoms with van der Waals surface area (Å²) in [5.74, 6) is 0.465. The lowest BCUT2D eigenvalue weighted by molar-refractivity contribution is -0.135. The molecular weight excluding hydrogens is 485 g/mol. The molecule has 0 bridgehead atoms. The highest BCUT2D eigenvalue weighted by Crippen LogP contribution is 2.48. The maximum absolute atomic E-state index is 14.1. The van der Waals surface area contributed by atoms with Crippen molar-refractivity contribution in [2.75, 3.05) is 39.3 Å². The van der Waals surface area contributed by atoms with E-state index >= 15 is 0 Å². The van der Waals surface area contributed by atoms with Gasteiger partial charge < -0.3 is 9.80 Å². The van der Waals surface area contributed by atoms with Crippen LogP contribution in [0.2, 0.25) is 0 Å². The summed E-state index contributed by atoms with van der Waals surface area (Å²) in [4.78, 5) is 34.1. The molecule has 7 heteroatoms. The van der Waals surface area contributed by atoms with E-state index in [1.165, 1.54) is 22.1 Å². The smallest absolute Gasteiger partial charge is 0.236 e. The van der Waals surface area contributed by atoms with Crippen molar-refractivity contribution in [1.82, 2.24) is 14.7 Å². The van der Waals surface area contributed by atoms with Crippen LogP contribution in [0.15, 0.2) is 66.0 Å². The predicted molar refractivity (Wildman–Crippen MR) is 143 cm³/mol. The average Bonchev–Trinajstić information content (AvgIpc) is 3.64. The lowest BCUT2D eigenvalue weighted by Gasteiger charge is -2.37. The Labute approximate surface area is 221 Å². The van der Waals surface area contributed by atoms with Gasteiger partial charge in [-0.3, -0.25) is 14.5 Å². The quantitative estimate of drug-likeness (QED) is 0.493. The SMILES string of the molecule is O=C(CN1CCc2sccc2C1c1cccc(F)c1)N1CCCN(C(=O)C2C[C@H]2c2ccccc2)CC1. The Morgan fingerprint density at radius 1 is 0.892 bits per heavy atom. The van der Waals surface area contributed by atoms with Gasteiger partial charge in [0.2, 0.25) is 11.8 Å². The van der Waals surface area contributed by atoms with Gasteiger partial charge in [0.1, 0.15) is 5.82 Å². The van der Waals surface area contributed by atoms with Crippen LogP contribution in [0.5, 0.6) is 0 Å². The molecule has 1 aromatic heterocycles. The number of carbonyl (C=O) groups is 2. The monoisotopic (exact) mass is 517 g/mol. The summed E-state index contributed by atoms with van der Waals surface area (Å²) in [6.45, 7) is 3.58. The molecule has 0 radical (unpaired) electrons. The van der Waals surface area contributed by atoms with Crippen molar-refractivity contribution in [3.05, 3.63) is 93.4 Å². The molecule has 2 aromatic carbocycles. The third-order valence-corrected chi connectivity index (χ3v) is 9.06. The number of fused-ring (bicyclic) bond motifs is 1. The van der Waals surface area contributed by atoms with Crippen molar-refractivity contribution < 1.29 is 14.0 Å². The summed E-state index contributed by atoms with van der Waals surface area (Å²) in [7, 11) is 0. The first-order valence-corrected chi connectivity index (χ1v) is 14.1. The number of hydrogen-bond donors (Lipinski definition) is 0. The minimum atomic E-state index is -0.256. The van der Waals surface area contributed by atoms with Crippen LogP contribution in [-0.2, 0) is 16.0 Å². The van der Waals surface area contributed by atoms with Crippen LogP contribution < -0.4 is 0 Å². The van der Waals surface area contributed by atoms with Crippen LogP contribution in [0.25, 0.3) is 0 Å². The van der Waals surface area contributed by atoms with Gasteiger partial charge >= 0.3 is 0 Å². The average molecular weight is 518 g/mol. The van der Waals surface area contributed by atoms with Crippen LogP contribution in [0, 0.1) is 11.7 Å². The highest BCUT2D eigenvalue weighted by atomic mass is 32.1. The third kappa shape index (κ3) is 5.07. The topological polar surface area (TPSA) is 43.9 Å². The molecule has 3 aliphatic rings. The molecular formula is C30H32FN3O2S. The number of hydrogen-bond acceptors (Lipinski definition) is 4. The van der Waals surface area contributed by atoms with Crippen molar-refractivity contribution in [2.24, 2.45) is 5.92 Å². The van der Waals surface area contributed by atoms with E-state index in [4.69, 9.17) is 0 Å². The van der Waals surface area contributed by atoms with E-state index in [1.54, 1.807) is 23.5 Å². The zero-order chi connectivity index (χ0) is 25.4. The minimum absolute atomic E-state index is 0.0739. The number of rotatable bonds is 5. The van der Waals surface area contributed by atoms with Crippen LogP contribution in [-0.4, -0.2) is 65.8 Å². The molecule has 192 valence electrons. The van der Waals surface area contributed by atoms with E-state index in [1.807, 2.05) is 34.1 Å². The molecule has 5 nitrogen and oxygen atoms in total. The molecule has 0 spiro atoms. The second-order valence-corrected chi connectivity index (χ2v) is 11.4. The van der Waals surface area contributed by atoms with Gasteiger partial charge in [-0.15, -0.1) is 11.3 Å². The molecule has 3 heterocycles. The van der Waals surface area contributed by atoms with Gasteiger partial charge in [0.15, 0.2) is 0 Å². The summed E-state index contributed by atoms with van der Waals surface area (Å²) in [5.41, 5.74) is 3.31.